The summed E-state index contributed by atoms with van der Waals surface area (Å²) in [5, 5.41) is 12.6. The average molecular weight is 444 g/mol. The minimum atomic E-state index is 0.170. The highest BCUT2D eigenvalue weighted by atomic mass is 16.5. The number of hydrogen-bond donors (Lipinski definition) is 1. The summed E-state index contributed by atoms with van der Waals surface area (Å²) in [6.45, 7) is 9.11. The van der Waals surface area contributed by atoms with E-state index in [1.54, 1.807) is 16.9 Å². The molecule has 0 aliphatic rings. The lowest BCUT2D eigenvalue weighted by molar-refractivity contribution is 0.328. The van der Waals surface area contributed by atoms with Crippen molar-refractivity contribution in [3.63, 3.8) is 0 Å². The van der Waals surface area contributed by atoms with Crippen molar-refractivity contribution < 1.29 is 4.74 Å². The van der Waals surface area contributed by atoms with Gasteiger partial charge in [0.15, 0.2) is 11.5 Å². The van der Waals surface area contributed by atoms with Crippen LogP contribution in [-0.4, -0.2) is 45.9 Å². The molecule has 0 spiro atoms. The fraction of sp³-hybridized carbons (Fsp3) is 0.304. The Balaban J connectivity index is 1.65. The van der Waals surface area contributed by atoms with Gasteiger partial charge >= 0.3 is 0 Å². The van der Waals surface area contributed by atoms with Crippen LogP contribution < -0.4 is 10.1 Å². The number of pyridine rings is 2. The predicted molar refractivity (Wildman–Crippen MR) is 125 cm³/mol. The van der Waals surface area contributed by atoms with Crippen molar-refractivity contribution in [2.75, 3.05) is 11.9 Å². The molecule has 0 amide bonds. The normalized spacial score (nSPS) is 11.5. The van der Waals surface area contributed by atoms with Crippen molar-refractivity contribution >= 4 is 22.4 Å². The number of fused-ring (bicyclic) bond motifs is 2. The lowest BCUT2D eigenvalue weighted by Crippen LogP contribution is -2.11. The van der Waals surface area contributed by atoms with E-state index >= 15 is 0 Å². The van der Waals surface area contributed by atoms with Crippen molar-refractivity contribution in [2.45, 2.75) is 40.3 Å². The first-order chi connectivity index (χ1) is 16.1. The molecule has 0 aliphatic carbocycles. The van der Waals surface area contributed by atoms with Crippen LogP contribution in [0.4, 0.5) is 5.69 Å². The second kappa shape index (κ2) is 8.45. The number of nitrogens with zero attached hydrogens (tertiary/aromatic N) is 8. The summed E-state index contributed by atoms with van der Waals surface area (Å²) >= 11 is 0. The zero-order chi connectivity index (χ0) is 22.9. The first kappa shape index (κ1) is 20.8. The molecule has 0 unspecified atom stereocenters. The van der Waals surface area contributed by atoms with E-state index < -0.39 is 0 Å². The first-order valence-electron chi connectivity index (χ1n) is 10.9. The smallest absolute Gasteiger partial charge is 0.222 e. The maximum absolute atomic E-state index is 5.76. The third-order valence-corrected chi connectivity index (χ3v) is 5.34. The number of aromatic nitrogens is 8. The monoisotopic (exact) mass is 443 g/mol. The molecule has 168 valence electrons. The number of aryl methyl sites for hydroxylation is 1. The van der Waals surface area contributed by atoms with Gasteiger partial charge in [0.1, 0.15) is 17.4 Å². The fourth-order valence-electron chi connectivity index (χ4n) is 3.87. The van der Waals surface area contributed by atoms with Crippen LogP contribution in [0.15, 0.2) is 43.0 Å². The maximum atomic E-state index is 5.76. The molecule has 0 saturated carbocycles. The van der Waals surface area contributed by atoms with Crippen molar-refractivity contribution in [3.05, 3.63) is 54.5 Å². The van der Waals surface area contributed by atoms with Gasteiger partial charge in [-0.1, -0.05) is 0 Å². The summed E-state index contributed by atoms with van der Waals surface area (Å²) in [4.78, 5) is 18.1. The van der Waals surface area contributed by atoms with E-state index in [-0.39, 0.29) is 6.04 Å². The van der Waals surface area contributed by atoms with Crippen LogP contribution in [-0.2, 0) is 6.54 Å². The molecule has 0 saturated heterocycles. The average Bonchev–Trinajstić information content (AvgIpc) is 3.43. The van der Waals surface area contributed by atoms with Crippen molar-refractivity contribution in [2.24, 2.45) is 0 Å². The number of nitrogens with one attached hydrogen (secondary N) is 1. The Morgan fingerprint density at radius 2 is 2.00 bits per heavy atom. The molecule has 0 radical (unpaired) electrons. The Morgan fingerprint density at radius 3 is 2.82 bits per heavy atom. The number of hydrogen-bond acceptors (Lipinski definition) is 8. The third-order valence-electron chi connectivity index (χ3n) is 5.34. The maximum Gasteiger partial charge on any atom is 0.222 e. The molecule has 10 heteroatoms. The van der Waals surface area contributed by atoms with Crippen LogP contribution in [0.1, 0.15) is 38.3 Å². The molecule has 5 aromatic heterocycles. The Labute approximate surface area is 190 Å². The van der Waals surface area contributed by atoms with Crippen LogP contribution in [0, 0.1) is 6.92 Å². The molecular formula is C23H25N9O. The third kappa shape index (κ3) is 3.73. The molecule has 5 rings (SSSR count). The molecule has 5 heterocycles. The lowest BCUT2D eigenvalue weighted by Gasteiger charge is -2.15. The molecule has 0 fully saturated rings. The largest absolute Gasteiger partial charge is 0.477 e. The van der Waals surface area contributed by atoms with E-state index in [1.807, 2.05) is 42.8 Å². The topological polar surface area (TPSA) is 108 Å². The zero-order valence-electron chi connectivity index (χ0n) is 19.0. The van der Waals surface area contributed by atoms with E-state index in [1.165, 1.54) is 6.33 Å². The second-order valence-electron chi connectivity index (χ2n) is 7.91. The summed E-state index contributed by atoms with van der Waals surface area (Å²) in [6.07, 6.45) is 4.98. The van der Waals surface area contributed by atoms with E-state index in [0.29, 0.717) is 19.0 Å². The lowest BCUT2D eigenvalue weighted by atomic mass is 10.1. The van der Waals surface area contributed by atoms with Gasteiger partial charge in [0, 0.05) is 24.5 Å². The molecule has 5 aromatic rings. The van der Waals surface area contributed by atoms with Crippen LogP contribution in [0.5, 0.6) is 5.88 Å². The standard InChI is InChI=1S/C23H25N9O/c1-5-33-23-16(7-6-9-25-23)17-11-18(22-21(29-17)15(4)30-31(22)14(2)3)26-12-20-24-10-8-19-27-13-28-32(19)20/h6-11,13-14H,5,12H2,1-4H3,(H,26,29). The summed E-state index contributed by atoms with van der Waals surface area (Å²) in [5.41, 5.74) is 5.89. The van der Waals surface area contributed by atoms with Gasteiger partial charge in [-0.15, -0.1) is 0 Å². The highest BCUT2D eigenvalue weighted by molar-refractivity contribution is 5.93. The molecule has 0 atom stereocenters. The minimum absolute atomic E-state index is 0.170. The van der Waals surface area contributed by atoms with Gasteiger partial charge in [0.25, 0.3) is 0 Å². The van der Waals surface area contributed by atoms with Gasteiger partial charge in [-0.3, -0.25) is 4.68 Å². The van der Waals surface area contributed by atoms with Crippen LogP contribution in [0.25, 0.3) is 27.9 Å². The van der Waals surface area contributed by atoms with Gasteiger partial charge in [0.05, 0.1) is 35.8 Å². The summed E-state index contributed by atoms with van der Waals surface area (Å²) < 4.78 is 9.49. The van der Waals surface area contributed by atoms with Gasteiger partial charge in [-0.25, -0.2) is 19.9 Å². The minimum Gasteiger partial charge on any atom is -0.477 e. The van der Waals surface area contributed by atoms with Crippen molar-refractivity contribution in [3.8, 4) is 17.1 Å². The van der Waals surface area contributed by atoms with Crippen LogP contribution in [0.2, 0.25) is 0 Å². The first-order valence-corrected chi connectivity index (χ1v) is 10.9. The Kier molecular flexibility index (Phi) is 5.33. The molecule has 33 heavy (non-hydrogen) atoms. The predicted octanol–water partition coefficient (Wildman–Crippen LogP) is 3.83. The van der Waals surface area contributed by atoms with Gasteiger partial charge in [-0.2, -0.15) is 14.7 Å². The summed E-state index contributed by atoms with van der Waals surface area (Å²) in [6, 6.07) is 7.87. The fourth-order valence-corrected chi connectivity index (χ4v) is 3.87. The number of anilines is 1. The van der Waals surface area contributed by atoms with Gasteiger partial charge in [-0.05, 0) is 45.9 Å². The van der Waals surface area contributed by atoms with E-state index in [0.717, 1.165) is 45.1 Å². The summed E-state index contributed by atoms with van der Waals surface area (Å²) in [7, 11) is 0. The molecule has 10 nitrogen and oxygen atoms in total. The van der Waals surface area contributed by atoms with E-state index in [4.69, 9.17) is 14.8 Å². The zero-order valence-corrected chi connectivity index (χ0v) is 19.0. The van der Waals surface area contributed by atoms with Crippen LogP contribution in [0.3, 0.4) is 0 Å². The molecule has 0 aromatic carbocycles. The van der Waals surface area contributed by atoms with Gasteiger partial charge < -0.3 is 10.1 Å². The Bertz CT molecular complexity index is 1440. The summed E-state index contributed by atoms with van der Waals surface area (Å²) in [5.74, 6) is 1.31. The molecule has 0 bridgehead atoms. The quantitative estimate of drug-likeness (QED) is 0.404. The molecular weight excluding hydrogens is 418 g/mol. The number of ether oxygens (including phenoxy) is 1. The highest BCUT2D eigenvalue weighted by Crippen LogP contribution is 2.34. The molecule has 1 N–H and O–H groups in total. The van der Waals surface area contributed by atoms with E-state index in [2.05, 4.69) is 39.2 Å². The Morgan fingerprint density at radius 1 is 1.12 bits per heavy atom. The highest BCUT2D eigenvalue weighted by Gasteiger charge is 2.19. The SMILES string of the molecule is CCOc1ncccc1-c1cc(NCc2nccc3ncnn23)c2c(n1)c(C)nn2C(C)C. The van der Waals surface area contributed by atoms with Crippen LogP contribution >= 0.6 is 0 Å². The number of rotatable bonds is 7. The van der Waals surface area contributed by atoms with Crippen molar-refractivity contribution in [1.29, 1.82) is 0 Å². The second-order valence-corrected chi connectivity index (χ2v) is 7.91. The van der Waals surface area contributed by atoms with Crippen molar-refractivity contribution in [1.82, 2.24) is 39.3 Å². The van der Waals surface area contributed by atoms with E-state index in [9.17, 15) is 0 Å². The van der Waals surface area contributed by atoms with Gasteiger partial charge in [0.2, 0.25) is 5.88 Å². The molecule has 0 aliphatic heterocycles. The Hall–Kier alpha value is -4.08.